The molecule has 1 atom stereocenters. The molecule has 0 saturated heterocycles. The fraction of sp³-hybridized carbons (Fsp3) is 0.800. The molecule has 0 heterocycles. The maximum atomic E-state index is 5.37. The van der Waals surface area contributed by atoms with Crippen LogP contribution in [0.2, 0.25) is 0 Å². The second-order valence-corrected chi connectivity index (χ2v) is 2.95. The van der Waals surface area contributed by atoms with Crippen LogP contribution in [0, 0.1) is 5.92 Å². The third kappa shape index (κ3) is 7.76. The van der Waals surface area contributed by atoms with Gasteiger partial charge in [-0.3, -0.25) is 0 Å². The first-order chi connectivity index (χ1) is 5.81. The Balaban J connectivity index is 2.95. The molecule has 0 rings (SSSR count). The second-order valence-electron chi connectivity index (χ2n) is 2.95. The van der Waals surface area contributed by atoms with Gasteiger partial charge < -0.3 is 9.47 Å². The molecule has 1 unspecified atom stereocenters. The SMILES string of the molecule is C=CCOCCOCC(C)CC. The number of hydrogen-bond donors (Lipinski definition) is 0. The van der Waals surface area contributed by atoms with Gasteiger partial charge in [-0.2, -0.15) is 0 Å². The third-order valence-corrected chi connectivity index (χ3v) is 1.71. The molecule has 0 aromatic heterocycles. The summed E-state index contributed by atoms with van der Waals surface area (Å²) in [6.07, 6.45) is 2.92. The van der Waals surface area contributed by atoms with Gasteiger partial charge in [-0.25, -0.2) is 0 Å². The summed E-state index contributed by atoms with van der Waals surface area (Å²) in [4.78, 5) is 0. The first-order valence-corrected chi connectivity index (χ1v) is 4.57. The van der Waals surface area contributed by atoms with Crippen LogP contribution >= 0.6 is 0 Å². The zero-order valence-corrected chi connectivity index (χ0v) is 8.21. The van der Waals surface area contributed by atoms with Crippen molar-refractivity contribution in [2.24, 2.45) is 5.92 Å². The van der Waals surface area contributed by atoms with Crippen molar-refractivity contribution in [2.75, 3.05) is 26.4 Å². The number of ether oxygens (including phenoxy) is 2. The van der Waals surface area contributed by atoms with Crippen LogP contribution in [-0.2, 0) is 9.47 Å². The van der Waals surface area contributed by atoms with E-state index in [-0.39, 0.29) is 0 Å². The van der Waals surface area contributed by atoms with Crippen LogP contribution in [0.1, 0.15) is 20.3 Å². The van der Waals surface area contributed by atoms with E-state index in [1.807, 2.05) is 0 Å². The fourth-order valence-electron chi connectivity index (χ4n) is 0.687. The van der Waals surface area contributed by atoms with Gasteiger partial charge in [0, 0.05) is 6.61 Å². The van der Waals surface area contributed by atoms with Gasteiger partial charge in [0.15, 0.2) is 0 Å². The maximum absolute atomic E-state index is 5.37. The highest BCUT2D eigenvalue weighted by molar-refractivity contribution is 4.63. The molecule has 12 heavy (non-hydrogen) atoms. The van der Waals surface area contributed by atoms with E-state index in [0.717, 1.165) is 6.61 Å². The van der Waals surface area contributed by atoms with Gasteiger partial charge in [0.05, 0.1) is 19.8 Å². The Bertz CT molecular complexity index is 102. The van der Waals surface area contributed by atoms with E-state index in [1.54, 1.807) is 6.08 Å². The molecule has 0 saturated carbocycles. The Hall–Kier alpha value is -0.340. The summed E-state index contributed by atoms with van der Waals surface area (Å²) in [5.41, 5.74) is 0. The summed E-state index contributed by atoms with van der Waals surface area (Å²) >= 11 is 0. The number of hydrogen-bond acceptors (Lipinski definition) is 2. The van der Waals surface area contributed by atoms with Gasteiger partial charge >= 0.3 is 0 Å². The Morgan fingerprint density at radius 1 is 1.33 bits per heavy atom. The van der Waals surface area contributed by atoms with Crippen molar-refractivity contribution in [3.05, 3.63) is 12.7 Å². The lowest BCUT2D eigenvalue weighted by molar-refractivity contribution is 0.0439. The van der Waals surface area contributed by atoms with Gasteiger partial charge in [-0.1, -0.05) is 26.3 Å². The molecule has 0 aromatic carbocycles. The molecule has 2 heteroatoms. The van der Waals surface area contributed by atoms with Crippen LogP contribution in [-0.4, -0.2) is 26.4 Å². The molecule has 0 aliphatic heterocycles. The summed E-state index contributed by atoms with van der Waals surface area (Å²) in [5, 5.41) is 0. The third-order valence-electron chi connectivity index (χ3n) is 1.71. The molecule has 0 amide bonds. The molecule has 0 N–H and O–H groups in total. The van der Waals surface area contributed by atoms with Crippen LogP contribution < -0.4 is 0 Å². The van der Waals surface area contributed by atoms with E-state index in [2.05, 4.69) is 20.4 Å². The van der Waals surface area contributed by atoms with Crippen molar-refractivity contribution in [3.8, 4) is 0 Å². The summed E-state index contributed by atoms with van der Waals surface area (Å²) < 4.78 is 10.5. The van der Waals surface area contributed by atoms with Gasteiger partial charge in [0.2, 0.25) is 0 Å². The topological polar surface area (TPSA) is 18.5 Å². The maximum Gasteiger partial charge on any atom is 0.0704 e. The zero-order chi connectivity index (χ0) is 9.23. The van der Waals surface area contributed by atoms with E-state index in [1.165, 1.54) is 6.42 Å². The molecule has 0 aromatic rings. The average molecular weight is 172 g/mol. The van der Waals surface area contributed by atoms with Crippen LogP contribution in [0.25, 0.3) is 0 Å². The quantitative estimate of drug-likeness (QED) is 0.413. The molecule has 0 radical (unpaired) electrons. The van der Waals surface area contributed by atoms with Crippen molar-refractivity contribution in [1.29, 1.82) is 0 Å². The smallest absolute Gasteiger partial charge is 0.0704 e. The zero-order valence-electron chi connectivity index (χ0n) is 8.21. The lowest BCUT2D eigenvalue weighted by Gasteiger charge is -2.08. The fourth-order valence-corrected chi connectivity index (χ4v) is 0.687. The molecule has 0 aliphatic rings. The van der Waals surface area contributed by atoms with Crippen LogP contribution in [0.5, 0.6) is 0 Å². The lowest BCUT2D eigenvalue weighted by Crippen LogP contribution is -2.09. The molecule has 0 aliphatic carbocycles. The predicted molar refractivity (Wildman–Crippen MR) is 51.3 cm³/mol. The van der Waals surface area contributed by atoms with Crippen LogP contribution in [0.3, 0.4) is 0 Å². The predicted octanol–water partition coefficient (Wildman–Crippen LogP) is 2.25. The first-order valence-electron chi connectivity index (χ1n) is 4.57. The Morgan fingerprint density at radius 3 is 2.58 bits per heavy atom. The Morgan fingerprint density at radius 2 is 2.00 bits per heavy atom. The Labute approximate surface area is 75.6 Å². The van der Waals surface area contributed by atoms with Crippen LogP contribution in [0.4, 0.5) is 0 Å². The van der Waals surface area contributed by atoms with Crippen LogP contribution in [0.15, 0.2) is 12.7 Å². The molecule has 72 valence electrons. The van der Waals surface area contributed by atoms with E-state index < -0.39 is 0 Å². The van der Waals surface area contributed by atoms with Crippen molar-refractivity contribution in [1.82, 2.24) is 0 Å². The highest BCUT2D eigenvalue weighted by Gasteiger charge is 1.97. The summed E-state index contributed by atoms with van der Waals surface area (Å²) in [6, 6.07) is 0. The van der Waals surface area contributed by atoms with Gasteiger partial charge in [0.1, 0.15) is 0 Å². The van der Waals surface area contributed by atoms with Crippen molar-refractivity contribution in [2.45, 2.75) is 20.3 Å². The van der Waals surface area contributed by atoms with Gasteiger partial charge in [-0.15, -0.1) is 6.58 Å². The molecule has 0 fully saturated rings. The largest absolute Gasteiger partial charge is 0.379 e. The standard InChI is InChI=1S/C10H20O2/c1-4-6-11-7-8-12-9-10(3)5-2/h4,10H,1,5-9H2,2-3H3. The highest BCUT2D eigenvalue weighted by atomic mass is 16.5. The van der Waals surface area contributed by atoms with E-state index in [4.69, 9.17) is 9.47 Å². The summed E-state index contributed by atoms with van der Waals surface area (Å²) in [7, 11) is 0. The van der Waals surface area contributed by atoms with E-state index in [0.29, 0.717) is 25.7 Å². The summed E-state index contributed by atoms with van der Waals surface area (Å²) in [5.74, 6) is 0.657. The van der Waals surface area contributed by atoms with E-state index in [9.17, 15) is 0 Å². The average Bonchev–Trinajstić information content (AvgIpc) is 2.10. The van der Waals surface area contributed by atoms with Gasteiger partial charge in [0.25, 0.3) is 0 Å². The lowest BCUT2D eigenvalue weighted by atomic mass is 10.1. The Kier molecular flexibility index (Phi) is 8.51. The normalized spacial score (nSPS) is 12.8. The minimum atomic E-state index is 0.618. The molecular weight excluding hydrogens is 152 g/mol. The molecule has 0 spiro atoms. The van der Waals surface area contributed by atoms with Crippen molar-refractivity contribution >= 4 is 0 Å². The molecule has 0 bridgehead atoms. The minimum absolute atomic E-state index is 0.618. The van der Waals surface area contributed by atoms with Crippen molar-refractivity contribution in [3.63, 3.8) is 0 Å². The minimum Gasteiger partial charge on any atom is -0.379 e. The molecule has 2 nitrogen and oxygen atoms in total. The van der Waals surface area contributed by atoms with Crippen molar-refractivity contribution < 1.29 is 9.47 Å². The van der Waals surface area contributed by atoms with E-state index >= 15 is 0 Å². The summed E-state index contributed by atoms with van der Waals surface area (Å²) in [6.45, 7) is 10.7. The second kappa shape index (κ2) is 8.75. The van der Waals surface area contributed by atoms with Gasteiger partial charge in [-0.05, 0) is 5.92 Å². The first kappa shape index (κ1) is 11.7. The monoisotopic (exact) mass is 172 g/mol. The number of rotatable bonds is 8. The highest BCUT2D eigenvalue weighted by Crippen LogP contribution is 1.99. The molecular formula is C10H20O2.